The molecule has 0 saturated heterocycles. The van der Waals surface area contributed by atoms with Crippen molar-refractivity contribution in [1.29, 1.82) is 0 Å². The predicted octanol–water partition coefficient (Wildman–Crippen LogP) is 3.65. The van der Waals surface area contributed by atoms with Crippen LogP contribution in [0, 0.1) is 0 Å². The number of thiazole rings is 1. The molecule has 0 amide bonds. The van der Waals surface area contributed by atoms with E-state index in [4.69, 9.17) is 11.6 Å². The van der Waals surface area contributed by atoms with Crippen LogP contribution in [0.4, 0.5) is 0 Å². The first-order valence-electron chi connectivity index (χ1n) is 5.12. The summed E-state index contributed by atoms with van der Waals surface area (Å²) in [5.41, 5.74) is 3.10. The Bertz CT molecular complexity index is 425. The van der Waals surface area contributed by atoms with Crippen molar-refractivity contribution in [2.75, 3.05) is 0 Å². The quantitative estimate of drug-likeness (QED) is 0.899. The SMILES string of the molecule is C[C@H](NCc1cncs1)c1ccc(Cl)cc1. The van der Waals surface area contributed by atoms with Crippen molar-refractivity contribution in [3.05, 3.63) is 51.4 Å². The van der Waals surface area contributed by atoms with Gasteiger partial charge in [-0.1, -0.05) is 23.7 Å². The number of rotatable bonds is 4. The van der Waals surface area contributed by atoms with Crippen LogP contribution in [0.1, 0.15) is 23.4 Å². The molecule has 1 aromatic heterocycles. The highest BCUT2D eigenvalue weighted by Gasteiger charge is 2.04. The van der Waals surface area contributed by atoms with Gasteiger partial charge < -0.3 is 5.32 Å². The molecule has 16 heavy (non-hydrogen) atoms. The van der Waals surface area contributed by atoms with E-state index in [1.165, 1.54) is 10.4 Å². The van der Waals surface area contributed by atoms with Gasteiger partial charge in [0, 0.05) is 28.7 Å². The van der Waals surface area contributed by atoms with Crippen LogP contribution in [0.3, 0.4) is 0 Å². The Morgan fingerprint density at radius 2 is 2.12 bits per heavy atom. The number of hydrogen-bond acceptors (Lipinski definition) is 3. The number of benzene rings is 1. The first-order valence-corrected chi connectivity index (χ1v) is 6.37. The molecule has 2 nitrogen and oxygen atoms in total. The summed E-state index contributed by atoms with van der Waals surface area (Å²) in [6.45, 7) is 3.00. The maximum Gasteiger partial charge on any atom is 0.0794 e. The van der Waals surface area contributed by atoms with E-state index in [1.807, 2.05) is 36.0 Å². The first-order chi connectivity index (χ1) is 7.75. The van der Waals surface area contributed by atoms with Gasteiger partial charge in [0.05, 0.1) is 5.51 Å². The van der Waals surface area contributed by atoms with Gasteiger partial charge >= 0.3 is 0 Å². The average molecular weight is 253 g/mol. The number of hydrogen-bond donors (Lipinski definition) is 1. The summed E-state index contributed by atoms with van der Waals surface area (Å²) in [5.74, 6) is 0. The van der Waals surface area contributed by atoms with E-state index in [0.29, 0.717) is 6.04 Å². The monoisotopic (exact) mass is 252 g/mol. The summed E-state index contributed by atoms with van der Waals surface area (Å²) >= 11 is 7.52. The molecule has 1 aromatic carbocycles. The molecule has 1 atom stereocenters. The van der Waals surface area contributed by atoms with Crippen LogP contribution in [0.5, 0.6) is 0 Å². The van der Waals surface area contributed by atoms with Crippen LogP contribution in [-0.4, -0.2) is 4.98 Å². The molecule has 0 aliphatic heterocycles. The standard InChI is InChI=1S/C12H13ClN2S/c1-9(10-2-4-11(13)5-3-10)15-7-12-6-14-8-16-12/h2-6,8-9,15H,7H2,1H3/t9-/m0/s1. The highest BCUT2D eigenvalue weighted by molar-refractivity contribution is 7.09. The normalized spacial score (nSPS) is 12.6. The van der Waals surface area contributed by atoms with Crippen molar-refractivity contribution in [3.63, 3.8) is 0 Å². The minimum absolute atomic E-state index is 0.319. The molecule has 0 saturated carbocycles. The first kappa shape index (κ1) is 11.6. The Kier molecular flexibility index (Phi) is 3.93. The van der Waals surface area contributed by atoms with Crippen molar-refractivity contribution in [3.8, 4) is 0 Å². The fourth-order valence-electron chi connectivity index (χ4n) is 1.45. The lowest BCUT2D eigenvalue weighted by atomic mass is 10.1. The summed E-state index contributed by atoms with van der Waals surface area (Å²) in [6, 6.07) is 8.25. The lowest BCUT2D eigenvalue weighted by Crippen LogP contribution is -2.17. The Balaban J connectivity index is 1.93. The molecule has 1 N–H and O–H groups in total. The fourth-order valence-corrected chi connectivity index (χ4v) is 2.12. The third-order valence-corrected chi connectivity index (χ3v) is 3.47. The molecule has 0 aliphatic carbocycles. The maximum absolute atomic E-state index is 5.85. The highest BCUT2D eigenvalue weighted by atomic mass is 35.5. The van der Waals surface area contributed by atoms with Gasteiger partial charge in [-0.05, 0) is 24.6 Å². The van der Waals surface area contributed by atoms with E-state index in [2.05, 4.69) is 17.2 Å². The molecule has 0 fully saturated rings. The molecule has 4 heteroatoms. The van der Waals surface area contributed by atoms with Crippen LogP contribution < -0.4 is 5.32 Å². The van der Waals surface area contributed by atoms with Gasteiger partial charge in [0.1, 0.15) is 0 Å². The fraction of sp³-hybridized carbons (Fsp3) is 0.250. The molecular formula is C12H13ClN2S. The summed E-state index contributed by atoms with van der Waals surface area (Å²) in [5, 5.41) is 4.22. The molecule has 2 aromatic rings. The maximum atomic E-state index is 5.85. The Morgan fingerprint density at radius 1 is 1.38 bits per heavy atom. The zero-order valence-electron chi connectivity index (χ0n) is 8.98. The highest BCUT2D eigenvalue weighted by Crippen LogP contribution is 2.17. The van der Waals surface area contributed by atoms with Gasteiger partial charge in [-0.15, -0.1) is 11.3 Å². The van der Waals surface area contributed by atoms with Gasteiger partial charge in [0.15, 0.2) is 0 Å². The van der Waals surface area contributed by atoms with E-state index < -0.39 is 0 Å². The largest absolute Gasteiger partial charge is 0.305 e. The number of nitrogens with one attached hydrogen (secondary N) is 1. The molecule has 2 rings (SSSR count). The molecular weight excluding hydrogens is 240 g/mol. The molecule has 0 unspecified atom stereocenters. The van der Waals surface area contributed by atoms with Crippen molar-refractivity contribution in [1.82, 2.24) is 10.3 Å². The molecule has 0 radical (unpaired) electrons. The second-order valence-corrected chi connectivity index (χ2v) is 5.03. The molecule has 1 heterocycles. The topological polar surface area (TPSA) is 24.9 Å². The van der Waals surface area contributed by atoms with Crippen molar-refractivity contribution >= 4 is 22.9 Å². The lowest BCUT2D eigenvalue weighted by Gasteiger charge is -2.13. The summed E-state index contributed by atoms with van der Waals surface area (Å²) < 4.78 is 0. The van der Waals surface area contributed by atoms with E-state index in [0.717, 1.165) is 11.6 Å². The minimum Gasteiger partial charge on any atom is -0.305 e. The zero-order valence-corrected chi connectivity index (χ0v) is 10.6. The minimum atomic E-state index is 0.319. The van der Waals surface area contributed by atoms with E-state index in [9.17, 15) is 0 Å². The van der Waals surface area contributed by atoms with E-state index in [-0.39, 0.29) is 0 Å². The smallest absolute Gasteiger partial charge is 0.0794 e. The lowest BCUT2D eigenvalue weighted by molar-refractivity contribution is 0.578. The van der Waals surface area contributed by atoms with Crippen LogP contribution in [0.25, 0.3) is 0 Å². The van der Waals surface area contributed by atoms with Crippen LogP contribution in [0.15, 0.2) is 36.0 Å². The number of halogens is 1. The van der Waals surface area contributed by atoms with Gasteiger partial charge in [-0.2, -0.15) is 0 Å². The van der Waals surface area contributed by atoms with Gasteiger partial charge in [0.25, 0.3) is 0 Å². The molecule has 0 aliphatic rings. The zero-order chi connectivity index (χ0) is 11.4. The predicted molar refractivity (Wildman–Crippen MR) is 68.8 cm³/mol. The summed E-state index contributed by atoms with van der Waals surface area (Å²) in [7, 11) is 0. The van der Waals surface area contributed by atoms with E-state index >= 15 is 0 Å². The molecule has 0 bridgehead atoms. The van der Waals surface area contributed by atoms with E-state index in [1.54, 1.807) is 11.3 Å². The summed E-state index contributed by atoms with van der Waals surface area (Å²) in [4.78, 5) is 5.30. The number of aromatic nitrogens is 1. The van der Waals surface area contributed by atoms with Gasteiger partial charge in [0.2, 0.25) is 0 Å². The second-order valence-electron chi connectivity index (χ2n) is 3.62. The van der Waals surface area contributed by atoms with Crippen LogP contribution in [0.2, 0.25) is 5.02 Å². The second kappa shape index (κ2) is 5.43. The molecule has 0 spiro atoms. The molecule has 84 valence electrons. The Hall–Kier alpha value is -0.900. The average Bonchev–Trinajstić information content (AvgIpc) is 2.80. The third kappa shape index (κ3) is 3.04. The Morgan fingerprint density at radius 3 is 2.75 bits per heavy atom. The summed E-state index contributed by atoms with van der Waals surface area (Å²) in [6.07, 6.45) is 1.90. The van der Waals surface area contributed by atoms with Crippen molar-refractivity contribution in [2.24, 2.45) is 0 Å². The van der Waals surface area contributed by atoms with Gasteiger partial charge in [-0.25, -0.2) is 0 Å². The van der Waals surface area contributed by atoms with Gasteiger partial charge in [-0.3, -0.25) is 4.98 Å². The van der Waals surface area contributed by atoms with Crippen molar-refractivity contribution in [2.45, 2.75) is 19.5 Å². The van der Waals surface area contributed by atoms with Crippen LogP contribution in [-0.2, 0) is 6.54 Å². The Labute approximate surface area is 104 Å². The third-order valence-electron chi connectivity index (χ3n) is 2.44. The number of nitrogens with zero attached hydrogens (tertiary/aromatic N) is 1. The van der Waals surface area contributed by atoms with Crippen molar-refractivity contribution < 1.29 is 0 Å². The van der Waals surface area contributed by atoms with Crippen LogP contribution >= 0.6 is 22.9 Å².